The highest BCUT2D eigenvalue weighted by Crippen LogP contribution is 2.25. The maximum absolute atomic E-state index is 12.6. The van der Waals surface area contributed by atoms with Gasteiger partial charge in [-0.1, -0.05) is 5.16 Å². The number of carbonyl (C=O) groups excluding carboxylic acids is 1. The number of carbonyl (C=O) groups is 1. The second-order valence-electron chi connectivity index (χ2n) is 6.36. The number of aromatic nitrogens is 3. The van der Waals surface area contributed by atoms with E-state index in [1.165, 1.54) is 21.9 Å². The Morgan fingerprint density at radius 1 is 1.31 bits per heavy atom. The first-order valence-corrected chi connectivity index (χ1v) is 10.8. The summed E-state index contributed by atoms with van der Waals surface area (Å²) in [6.07, 6.45) is 1.54. The number of likely N-dealkylation sites (tertiary alicyclic amines) is 1. The normalized spacial score (nSPS) is 15.5. The van der Waals surface area contributed by atoms with E-state index in [0.29, 0.717) is 41.8 Å². The van der Waals surface area contributed by atoms with Crippen molar-refractivity contribution in [3.8, 4) is 0 Å². The maximum Gasteiger partial charge on any atom is 0.265 e. The Morgan fingerprint density at radius 3 is 2.50 bits per heavy atom. The summed E-state index contributed by atoms with van der Waals surface area (Å²) in [6, 6.07) is -0.240. The molecule has 3 rings (SSSR count). The Kier molecular flexibility index (Phi) is 5.13. The lowest BCUT2D eigenvalue weighted by atomic mass is 10.1. The minimum absolute atomic E-state index is 0.0911. The van der Waals surface area contributed by atoms with E-state index >= 15 is 0 Å². The number of hydrogen-bond donors (Lipinski definition) is 0. The van der Waals surface area contributed by atoms with Crippen molar-refractivity contribution in [1.29, 1.82) is 0 Å². The van der Waals surface area contributed by atoms with Crippen LogP contribution >= 0.6 is 11.3 Å². The highest BCUT2D eigenvalue weighted by Gasteiger charge is 2.39. The topological polar surface area (TPSA) is 110 Å². The molecule has 1 saturated heterocycles. The minimum atomic E-state index is -3.41. The molecule has 0 atom stereocenters. The highest BCUT2D eigenvalue weighted by atomic mass is 32.2. The van der Waals surface area contributed by atoms with Crippen LogP contribution in [0.4, 0.5) is 0 Å². The number of nitrogens with zero attached hydrogens (tertiary/aromatic N) is 5. The van der Waals surface area contributed by atoms with E-state index in [4.69, 9.17) is 4.52 Å². The van der Waals surface area contributed by atoms with E-state index in [-0.39, 0.29) is 18.5 Å². The molecule has 2 aromatic heterocycles. The average molecular weight is 399 g/mol. The summed E-state index contributed by atoms with van der Waals surface area (Å²) in [4.78, 5) is 23.2. The van der Waals surface area contributed by atoms with E-state index in [2.05, 4.69) is 15.1 Å². The Hall–Kier alpha value is -1.85. The first-order chi connectivity index (χ1) is 12.1. The number of aryl methyl sites for hydroxylation is 3. The zero-order chi connectivity index (χ0) is 19.1. The van der Waals surface area contributed by atoms with Crippen LogP contribution in [0, 0.1) is 20.8 Å². The molecule has 0 bridgehead atoms. The van der Waals surface area contributed by atoms with Crippen molar-refractivity contribution in [1.82, 2.24) is 24.3 Å². The monoisotopic (exact) mass is 399 g/mol. The van der Waals surface area contributed by atoms with Crippen LogP contribution in [0.3, 0.4) is 0 Å². The van der Waals surface area contributed by atoms with Crippen molar-refractivity contribution >= 4 is 27.3 Å². The van der Waals surface area contributed by atoms with Gasteiger partial charge in [0.25, 0.3) is 5.91 Å². The number of hydrogen-bond acceptors (Lipinski definition) is 8. The summed E-state index contributed by atoms with van der Waals surface area (Å²) in [5, 5.41) is 4.63. The third kappa shape index (κ3) is 3.94. The molecule has 1 amide bonds. The van der Waals surface area contributed by atoms with Gasteiger partial charge in [0.2, 0.25) is 15.9 Å². The molecule has 0 spiro atoms. The van der Waals surface area contributed by atoms with E-state index in [1.54, 1.807) is 11.8 Å². The van der Waals surface area contributed by atoms with Crippen LogP contribution in [0.1, 0.15) is 32.1 Å². The van der Waals surface area contributed by atoms with Crippen LogP contribution in [-0.2, 0) is 16.4 Å². The number of thiazole rings is 1. The summed E-state index contributed by atoms with van der Waals surface area (Å²) in [7, 11) is -3.41. The molecule has 0 unspecified atom stereocenters. The first-order valence-electron chi connectivity index (χ1n) is 8.14. The summed E-state index contributed by atoms with van der Waals surface area (Å²) in [5.41, 5.74) is 0.716. The first kappa shape index (κ1) is 18.9. The van der Waals surface area contributed by atoms with Crippen LogP contribution < -0.4 is 0 Å². The molecule has 1 fully saturated rings. The molecule has 142 valence electrons. The molecule has 0 radical (unpaired) electrons. The van der Waals surface area contributed by atoms with E-state index < -0.39 is 10.0 Å². The quantitative estimate of drug-likeness (QED) is 0.706. The molecular formula is C15H21N5O4S2. The summed E-state index contributed by atoms with van der Waals surface area (Å²) in [6.45, 7) is 6.34. The zero-order valence-electron chi connectivity index (χ0n) is 15.1. The molecule has 1 aliphatic rings. The van der Waals surface area contributed by atoms with Gasteiger partial charge in [0.05, 0.1) is 23.0 Å². The average Bonchev–Trinajstić information content (AvgIpc) is 3.04. The van der Waals surface area contributed by atoms with Crippen molar-refractivity contribution in [3.05, 3.63) is 27.3 Å². The fourth-order valence-electron chi connectivity index (χ4n) is 2.95. The van der Waals surface area contributed by atoms with Gasteiger partial charge in [0.15, 0.2) is 5.82 Å². The summed E-state index contributed by atoms with van der Waals surface area (Å²) >= 11 is 1.36. The van der Waals surface area contributed by atoms with Crippen LogP contribution in [0.15, 0.2) is 4.52 Å². The molecule has 0 aromatic carbocycles. The second-order valence-corrected chi connectivity index (χ2v) is 9.50. The molecular weight excluding hydrogens is 378 g/mol. The van der Waals surface area contributed by atoms with Crippen LogP contribution in [0.25, 0.3) is 0 Å². The van der Waals surface area contributed by atoms with Gasteiger partial charge in [-0.15, -0.1) is 11.3 Å². The number of rotatable bonds is 6. The number of amides is 1. The van der Waals surface area contributed by atoms with Crippen molar-refractivity contribution in [3.63, 3.8) is 0 Å². The third-order valence-electron chi connectivity index (χ3n) is 4.21. The smallest absolute Gasteiger partial charge is 0.265 e. The van der Waals surface area contributed by atoms with Crippen molar-refractivity contribution in [2.75, 3.05) is 25.9 Å². The van der Waals surface area contributed by atoms with Crippen LogP contribution in [-0.4, -0.2) is 70.6 Å². The molecule has 11 heteroatoms. The predicted molar refractivity (Wildman–Crippen MR) is 95.6 cm³/mol. The van der Waals surface area contributed by atoms with E-state index in [9.17, 15) is 13.2 Å². The van der Waals surface area contributed by atoms with E-state index in [0.717, 1.165) is 5.01 Å². The minimum Gasteiger partial charge on any atom is -0.340 e. The maximum atomic E-state index is 12.6. The SMILES string of the molecule is Cc1nc(CCN(C2CN(C(=O)c3sc(C)nc3C)C2)S(C)(=O)=O)no1. The van der Waals surface area contributed by atoms with Gasteiger partial charge in [-0.25, -0.2) is 13.4 Å². The van der Waals surface area contributed by atoms with Gasteiger partial charge in [0.1, 0.15) is 4.88 Å². The fourth-order valence-corrected chi connectivity index (χ4v) is 4.93. The molecule has 1 aliphatic heterocycles. The molecule has 0 saturated carbocycles. The largest absolute Gasteiger partial charge is 0.340 e. The molecule has 9 nitrogen and oxygen atoms in total. The lowest BCUT2D eigenvalue weighted by Gasteiger charge is -2.44. The van der Waals surface area contributed by atoms with Gasteiger partial charge >= 0.3 is 0 Å². The Morgan fingerprint density at radius 2 is 2.00 bits per heavy atom. The molecule has 0 aliphatic carbocycles. The van der Waals surface area contributed by atoms with Gasteiger partial charge in [-0.2, -0.15) is 9.29 Å². The Bertz CT molecular complexity index is 914. The van der Waals surface area contributed by atoms with Crippen molar-refractivity contribution in [2.24, 2.45) is 0 Å². The van der Waals surface area contributed by atoms with Gasteiger partial charge in [0, 0.05) is 33.0 Å². The van der Waals surface area contributed by atoms with Gasteiger partial charge in [-0.05, 0) is 13.8 Å². The van der Waals surface area contributed by atoms with E-state index in [1.807, 2.05) is 13.8 Å². The summed E-state index contributed by atoms with van der Waals surface area (Å²) < 4.78 is 30.6. The zero-order valence-corrected chi connectivity index (χ0v) is 16.7. The Labute approximate surface area is 156 Å². The van der Waals surface area contributed by atoms with Gasteiger partial charge in [-0.3, -0.25) is 4.79 Å². The standard InChI is InChI=1S/C15H21N5O4S2/c1-9-14(25-11(3)16-9)15(21)19-7-12(8-19)20(26(4,22)23)6-5-13-17-10(2)24-18-13/h12H,5-8H2,1-4H3. The molecule has 26 heavy (non-hydrogen) atoms. The van der Waals surface area contributed by atoms with Crippen molar-refractivity contribution in [2.45, 2.75) is 33.2 Å². The molecule has 0 N–H and O–H groups in total. The predicted octanol–water partition coefficient (Wildman–Crippen LogP) is 0.780. The second kappa shape index (κ2) is 7.05. The lowest BCUT2D eigenvalue weighted by Crippen LogP contribution is -2.62. The van der Waals surface area contributed by atoms with Crippen LogP contribution in [0.5, 0.6) is 0 Å². The highest BCUT2D eigenvalue weighted by molar-refractivity contribution is 7.88. The molecule has 2 aromatic rings. The van der Waals surface area contributed by atoms with Crippen LogP contribution in [0.2, 0.25) is 0 Å². The lowest BCUT2D eigenvalue weighted by molar-refractivity contribution is 0.0458. The summed E-state index contributed by atoms with van der Waals surface area (Å²) in [5.74, 6) is 0.826. The fraction of sp³-hybridized carbons (Fsp3) is 0.600. The number of sulfonamides is 1. The third-order valence-corrected chi connectivity index (χ3v) is 6.60. The molecule has 3 heterocycles. The van der Waals surface area contributed by atoms with Gasteiger partial charge < -0.3 is 9.42 Å². The Balaban J connectivity index is 1.63. The van der Waals surface area contributed by atoms with Crippen molar-refractivity contribution < 1.29 is 17.7 Å².